The minimum Gasteiger partial charge on any atom is -0.434 e. The fourth-order valence-electron chi connectivity index (χ4n) is 7.62. The molecule has 5 heterocycles. The largest absolute Gasteiger partial charge is 0.434 e. The molecular formula is C32H40FN7O. The summed E-state index contributed by atoms with van der Waals surface area (Å²) in [5.74, 6) is 3.15. The maximum atomic E-state index is 14.5. The number of pyridine rings is 1. The van der Waals surface area contributed by atoms with Gasteiger partial charge in [0.2, 0.25) is 0 Å². The number of hydrogen-bond donors (Lipinski definition) is 1. The Balaban J connectivity index is 1.10. The van der Waals surface area contributed by atoms with Crippen LogP contribution in [-0.4, -0.2) is 70.4 Å². The summed E-state index contributed by atoms with van der Waals surface area (Å²) < 4.78 is 20.9. The van der Waals surface area contributed by atoms with E-state index in [1.165, 1.54) is 31.3 Å². The first kappa shape index (κ1) is 26.7. The summed E-state index contributed by atoms with van der Waals surface area (Å²) in [6, 6.07) is 9.18. The Labute approximate surface area is 241 Å². The summed E-state index contributed by atoms with van der Waals surface area (Å²) in [7, 11) is 0. The first-order chi connectivity index (χ1) is 20.0. The molecule has 1 aromatic carbocycles. The molecule has 1 N–H and O–H groups in total. The van der Waals surface area contributed by atoms with Crippen molar-refractivity contribution < 1.29 is 9.13 Å². The monoisotopic (exact) mass is 557 g/mol. The Morgan fingerprint density at radius 2 is 1.85 bits per heavy atom. The first-order valence-electron chi connectivity index (χ1n) is 15.3. The summed E-state index contributed by atoms with van der Waals surface area (Å²) in [6.45, 7) is 11.2. The molecule has 1 atom stereocenters. The van der Waals surface area contributed by atoms with Gasteiger partial charge in [0.1, 0.15) is 17.9 Å². The summed E-state index contributed by atoms with van der Waals surface area (Å²) in [4.78, 5) is 14.3. The van der Waals surface area contributed by atoms with Crippen LogP contribution in [0.2, 0.25) is 0 Å². The number of anilines is 1. The second-order valence-electron chi connectivity index (χ2n) is 12.9. The Hall–Kier alpha value is -3.17. The van der Waals surface area contributed by atoms with E-state index < -0.39 is 0 Å². The van der Waals surface area contributed by atoms with E-state index in [0.717, 1.165) is 75.7 Å². The van der Waals surface area contributed by atoms with Crippen LogP contribution in [0.15, 0.2) is 42.9 Å². The van der Waals surface area contributed by atoms with Crippen molar-refractivity contribution in [2.24, 2.45) is 17.3 Å². The molecule has 41 heavy (non-hydrogen) atoms. The normalized spacial score (nSPS) is 21.8. The minimum atomic E-state index is -0.310. The second-order valence-corrected chi connectivity index (χ2v) is 12.9. The van der Waals surface area contributed by atoms with E-state index >= 15 is 0 Å². The molecule has 1 saturated carbocycles. The second kappa shape index (κ2) is 10.9. The van der Waals surface area contributed by atoms with Crippen molar-refractivity contribution in [2.45, 2.75) is 57.9 Å². The number of halogens is 1. The number of likely N-dealkylation sites (tertiary alicyclic amines) is 1. The highest BCUT2D eigenvalue weighted by Gasteiger charge is 2.51. The third kappa shape index (κ3) is 5.30. The summed E-state index contributed by atoms with van der Waals surface area (Å²) in [6.07, 6.45) is 9.20. The van der Waals surface area contributed by atoms with Crippen molar-refractivity contribution in [1.82, 2.24) is 30.4 Å². The number of hydrogen-bond acceptors (Lipinski definition) is 8. The number of piperidine rings is 1. The minimum absolute atomic E-state index is 0.276. The molecule has 4 aliphatic rings. The van der Waals surface area contributed by atoms with E-state index in [2.05, 4.69) is 49.1 Å². The molecule has 1 aliphatic carbocycles. The van der Waals surface area contributed by atoms with Gasteiger partial charge in [-0.15, -0.1) is 10.2 Å². The lowest BCUT2D eigenvalue weighted by Gasteiger charge is -2.55. The van der Waals surface area contributed by atoms with Crippen LogP contribution in [-0.2, 0) is 0 Å². The Kier molecular flexibility index (Phi) is 7.11. The van der Waals surface area contributed by atoms with Crippen LogP contribution in [0.5, 0.6) is 11.6 Å². The summed E-state index contributed by atoms with van der Waals surface area (Å²) >= 11 is 0. The third-order valence-electron chi connectivity index (χ3n) is 9.60. The number of nitrogens with one attached hydrogen (secondary N) is 1. The smallest absolute Gasteiger partial charge is 0.282 e. The van der Waals surface area contributed by atoms with Crippen molar-refractivity contribution in [3.05, 3.63) is 54.4 Å². The molecule has 0 bridgehead atoms. The lowest BCUT2D eigenvalue weighted by Crippen LogP contribution is -2.64. The maximum Gasteiger partial charge on any atom is 0.282 e. The molecule has 0 unspecified atom stereocenters. The lowest BCUT2D eigenvalue weighted by atomic mass is 9.73. The molecule has 3 saturated heterocycles. The van der Waals surface area contributed by atoms with Crippen molar-refractivity contribution in [1.29, 1.82) is 0 Å². The molecular weight excluding hydrogens is 517 g/mol. The first-order valence-corrected chi connectivity index (χ1v) is 15.3. The molecule has 216 valence electrons. The molecule has 9 heteroatoms. The van der Waals surface area contributed by atoms with Crippen LogP contribution in [0, 0.1) is 23.1 Å². The third-order valence-corrected chi connectivity index (χ3v) is 9.60. The van der Waals surface area contributed by atoms with Crippen molar-refractivity contribution in [3.8, 4) is 22.8 Å². The van der Waals surface area contributed by atoms with E-state index in [1.54, 1.807) is 6.07 Å². The fraction of sp³-hybridized carbons (Fsp3) is 0.562. The Morgan fingerprint density at radius 3 is 2.63 bits per heavy atom. The SMILES string of the molecule is CC(C)[C@H](C1CCNCC1)N1CC2(CCN(c3ncnnc3Oc3ccc(F)cc3-c3cccnc3C3CC3)C2)C1. The number of benzene rings is 1. The Morgan fingerprint density at radius 1 is 1.02 bits per heavy atom. The highest BCUT2D eigenvalue weighted by molar-refractivity contribution is 5.74. The summed E-state index contributed by atoms with van der Waals surface area (Å²) in [5, 5.41) is 11.9. The van der Waals surface area contributed by atoms with Crippen LogP contribution in [0.3, 0.4) is 0 Å². The molecule has 8 nitrogen and oxygen atoms in total. The van der Waals surface area contributed by atoms with Gasteiger partial charge in [-0.3, -0.25) is 9.88 Å². The highest BCUT2D eigenvalue weighted by Crippen LogP contribution is 2.47. The van der Waals surface area contributed by atoms with Gasteiger partial charge in [0.15, 0.2) is 5.82 Å². The average Bonchev–Trinajstić information content (AvgIpc) is 3.73. The number of rotatable bonds is 8. The number of ether oxygens (including phenoxy) is 1. The molecule has 2 aromatic heterocycles. The predicted octanol–water partition coefficient (Wildman–Crippen LogP) is 5.28. The van der Waals surface area contributed by atoms with Crippen LogP contribution >= 0.6 is 0 Å². The van der Waals surface area contributed by atoms with Crippen molar-refractivity contribution in [3.63, 3.8) is 0 Å². The van der Waals surface area contributed by atoms with E-state index in [1.807, 2.05) is 18.3 Å². The van der Waals surface area contributed by atoms with Gasteiger partial charge in [-0.2, -0.15) is 0 Å². The molecule has 7 rings (SSSR count). The van der Waals surface area contributed by atoms with E-state index in [0.29, 0.717) is 40.9 Å². The fourth-order valence-corrected chi connectivity index (χ4v) is 7.62. The van der Waals surface area contributed by atoms with Gasteiger partial charge in [0.25, 0.3) is 5.88 Å². The van der Waals surface area contributed by atoms with Crippen molar-refractivity contribution in [2.75, 3.05) is 44.2 Å². The van der Waals surface area contributed by atoms with Crippen LogP contribution in [0.4, 0.5) is 10.2 Å². The standard InChI is InChI=1S/C32H40FN7O/c1-21(2)29(23-9-13-34-14-10-23)40-18-32(19-40)11-15-39(17-32)30-31(38-37-20-36-30)41-27-8-7-24(33)16-26(27)25-4-3-12-35-28(25)22-5-6-22/h3-4,7-8,12,16,20-23,29,34H,5-6,9-11,13-15,17-19H2,1-2H3/t29-/m1/s1. The maximum absolute atomic E-state index is 14.5. The quantitative estimate of drug-likeness (QED) is 0.401. The van der Waals surface area contributed by atoms with Gasteiger partial charge in [0.05, 0.1) is 5.69 Å². The number of nitrogens with zero attached hydrogens (tertiary/aromatic N) is 6. The van der Waals surface area contributed by atoms with E-state index in [9.17, 15) is 4.39 Å². The molecule has 3 aromatic rings. The zero-order valence-electron chi connectivity index (χ0n) is 24.1. The topological polar surface area (TPSA) is 79.3 Å². The lowest BCUT2D eigenvalue weighted by molar-refractivity contribution is -0.0554. The van der Waals surface area contributed by atoms with Crippen molar-refractivity contribution >= 4 is 5.82 Å². The van der Waals surface area contributed by atoms with Gasteiger partial charge in [-0.1, -0.05) is 19.9 Å². The van der Waals surface area contributed by atoms with Crippen LogP contribution in [0.1, 0.15) is 57.6 Å². The molecule has 3 aliphatic heterocycles. The highest BCUT2D eigenvalue weighted by atomic mass is 19.1. The van der Waals surface area contributed by atoms with Crippen LogP contribution < -0.4 is 15.0 Å². The zero-order chi connectivity index (χ0) is 28.0. The van der Waals surface area contributed by atoms with Gasteiger partial charge in [-0.05, 0) is 81.3 Å². The zero-order valence-corrected chi connectivity index (χ0v) is 24.1. The van der Waals surface area contributed by atoms with E-state index in [-0.39, 0.29) is 11.2 Å². The Bertz CT molecular complexity index is 1380. The molecule has 1 spiro atoms. The van der Waals surface area contributed by atoms with E-state index in [4.69, 9.17) is 4.74 Å². The molecule has 0 radical (unpaired) electrons. The van der Waals surface area contributed by atoms with Gasteiger partial charge < -0.3 is 15.0 Å². The van der Waals surface area contributed by atoms with Gasteiger partial charge in [0, 0.05) is 60.9 Å². The predicted molar refractivity (Wildman–Crippen MR) is 157 cm³/mol. The van der Waals surface area contributed by atoms with Gasteiger partial charge >= 0.3 is 0 Å². The van der Waals surface area contributed by atoms with Gasteiger partial charge in [-0.25, -0.2) is 9.37 Å². The van der Waals surface area contributed by atoms with Crippen LogP contribution in [0.25, 0.3) is 11.1 Å². The molecule has 4 fully saturated rings. The number of aromatic nitrogens is 4. The summed E-state index contributed by atoms with van der Waals surface area (Å²) in [5.41, 5.74) is 2.87. The molecule has 0 amide bonds. The average molecular weight is 558 g/mol.